The van der Waals surface area contributed by atoms with Gasteiger partial charge in [-0.25, -0.2) is 0 Å². The zero-order chi connectivity index (χ0) is 19.3. The molecular weight excluding hydrogens is 328 g/mol. The molecule has 0 aliphatic heterocycles. The topological polar surface area (TPSA) is 67.4 Å². The highest BCUT2D eigenvalue weighted by Crippen LogP contribution is 2.21. The number of amides is 2. The van der Waals surface area contributed by atoms with Gasteiger partial charge in [-0.05, 0) is 56.3 Å². The van der Waals surface area contributed by atoms with Gasteiger partial charge < -0.3 is 15.4 Å². The Labute approximate surface area is 154 Å². The first-order valence-corrected chi connectivity index (χ1v) is 8.65. The second-order valence-corrected chi connectivity index (χ2v) is 7.43. The van der Waals surface area contributed by atoms with Crippen molar-refractivity contribution in [3.63, 3.8) is 0 Å². The summed E-state index contributed by atoms with van der Waals surface area (Å²) >= 11 is 0. The van der Waals surface area contributed by atoms with E-state index in [0.29, 0.717) is 16.9 Å². The predicted octanol–water partition coefficient (Wildman–Crippen LogP) is 4.71. The molecule has 0 aliphatic carbocycles. The van der Waals surface area contributed by atoms with E-state index in [1.165, 1.54) is 0 Å². The molecule has 2 amide bonds. The molecule has 2 N–H and O–H groups in total. The van der Waals surface area contributed by atoms with Crippen molar-refractivity contribution in [3.8, 4) is 5.75 Å². The Hall–Kier alpha value is -2.82. The fourth-order valence-corrected chi connectivity index (χ4v) is 2.15. The highest BCUT2D eigenvalue weighted by molar-refractivity contribution is 6.04. The molecule has 5 nitrogen and oxygen atoms in total. The summed E-state index contributed by atoms with van der Waals surface area (Å²) in [5.74, 6) is 0.422. The number of rotatable bonds is 5. The van der Waals surface area contributed by atoms with Crippen molar-refractivity contribution in [3.05, 3.63) is 54.1 Å². The average molecular weight is 354 g/mol. The summed E-state index contributed by atoms with van der Waals surface area (Å²) in [4.78, 5) is 24.5. The second kappa shape index (κ2) is 8.04. The van der Waals surface area contributed by atoms with E-state index < -0.39 is 5.41 Å². The molecule has 0 atom stereocenters. The SMILES string of the molecule is CC(C)Oc1ccc(C(=O)Nc2cccc(NC(=O)C(C)(C)C)c2)cc1. The number of ether oxygens (including phenoxy) is 1. The van der Waals surface area contributed by atoms with Crippen molar-refractivity contribution in [2.24, 2.45) is 5.41 Å². The second-order valence-electron chi connectivity index (χ2n) is 7.43. The smallest absolute Gasteiger partial charge is 0.255 e. The van der Waals surface area contributed by atoms with Gasteiger partial charge >= 0.3 is 0 Å². The average Bonchev–Trinajstić information content (AvgIpc) is 2.54. The van der Waals surface area contributed by atoms with Gasteiger partial charge in [0.05, 0.1) is 6.10 Å². The van der Waals surface area contributed by atoms with Crippen molar-refractivity contribution < 1.29 is 14.3 Å². The number of carbonyl (C=O) groups excluding carboxylic acids is 2. The highest BCUT2D eigenvalue weighted by atomic mass is 16.5. The molecule has 0 radical (unpaired) electrons. The monoisotopic (exact) mass is 354 g/mol. The zero-order valence-electron chi connectivity index (χ0n) is 15.9. The van der Waals surface area contributed by atoms with Gasteiger partial charge in [0.15, 0.2) is 0 Å². The van der Waals surface area contributed by atoms with Gasteiger partial charge in [-0.15, -0.1) is 0 Å². The van der Waals surface area contributed by atoms with Crippen LogP contribution in [0.4, 0.5) is 11.4 Å². The summed E-state index contributed by atoms with van der Waals surface area (Å²) < 4.78 is 5.58. The molecule has 0 unspecified atom stereocenters. The van der Waals surface area contributed by atoms with Gasteiger partial charge in [-0.1, -0.05) is 26.8 Å². The Kier molecular flexibility index (Phi) is 6.03. The van der Waals surface area contributed by atoms with Crippen LogP contribution in [-0.2, 0) is 4.79 Å². The Morgan fingerprint density at radius 1 is 0.923 bits per heavy atom. The van der Waals surface area contributed by atoms with E-state index in [1.54, 1.807) is 48.5 Å². The molecule has 5 heteroatoms. The maximum atomic E-state index is 12.4. The summed E-state index contributed by atoms with van der Waals surface area (Å²) in [6, 6.07) is 14.1. The molecule has 0 spiro atoms. The number of hydrogen-bond acceptors (Lipinski definition) is 3. The van der Waals surface area contributed by atoms with Crippen LogP contribution in [0.2, 0.25) is 0 Å². The summed E-state index contributed by atoms with van der Waals surface area (Å²) in [6.07, 6.45) is 0.0840. The van der Waals surface area contributed by atoms with E-state index in [4.69, 9.17) is 4.74 Å². The molecular formula is C21H26N2O3. The summed E-state index contributed by atoms with van der Waals surface area (Å²) in [6.45, 7) is 9.44. The third-order valence-corrected chi connectivity index (χ3v) is 3.55. The maximum absolute atomic E-state index is 12.4. The Morgan fingerprint density at radius 3 is 2.04 bits per heavy atom. The van der Waals surface area contributed by atoms with Crippen LogP contribution in [0, 0.1) is 5.41 Å². The molecule has 0 fully saturated rings. The van der Waals surface area contributed by atoms with Gasteiger partial charge in [0, 0.05) is 22.4 Å². The van der Waals surface area contributed by atoms with Crippen LogP contribution in [0.25, 0.3) is 0 Å². The lowest BCUT2D eigenvalue weighted by Gasteiger charge is -2.18. The van der Waals surface area contributed by atoms with E-state index in [-0.39, 0.29) is 17.9 Å². The number of hydrogen-bond donors (Lipinski definition) is 2. The van der Waals surface area contributed by atoms with Crippen molar-refractivity contribution >= 4 is 23.2 Å². The fraction of sp³-hybridized carbons (Fsp3) is 0.333. The summed E-state index contributed by atoms with van der Waals surface area (Å²) in [5.41, 5.74) is 1.30. The molecule has 0 saturated carbocycles. The minimum absolute atomic E-state index is 0.0817. The molecule has 0 aromatic heterocycles. The lowest BCUT2D eigenvalue weighted by atomic mass is 9.95. The van der Waals surface area contributed by atoms with Crippen LogP contribution in [0.15, 0.2) is 48.5 Å². The molecule has 26 heavy (non-hydrogen) atoms. The normalized spacial score (nSPS) is 11.2. The Bertz CT molecular complexity index is 775. The minimum Gasteiger partial charge on any atom is -0.491 e. The van der Waals surface area contributed by atoms with E-state index in [9.17, 15) is 9.59 Å². The van der Waals surface area contributed by atoms with Crippen molar-refractivity contribution in [2.75, 3.05) is 10.6 Å². The minimum atomic E-state index is -0.487. The van der Waals surface area contributed by atoms with E-state index in [0.717, 1.165) is 5.75 Å². The van der Waals surface area contributed by atoms with Crippen LogP contribution >= 0.6 is 0 Å². The number of benzene rings is 2. The predicted molar refractivity (Wildman–Crippen MR) is 105 cm³/mol. The lowest BCUT2D eigenvalue weighted by Crippen LogP contribution is -2.27. The first-order chi connectivity index (χ1) is 12.1. The van der Waals surface area contributed by atoms with Crippen LogP contribution in [0.3, 0.4) is 0 Å². The van der Waals surface area contributed by atoms with Gasteiger partial charge in [-0.3, -0.25) is 9.59 Å². The first-order valence-electron chi connectivity index (χ1n) is 8.65. The van der Waals surface area contributed by atoms with Crippen LogP contribution in [0.5, 0.6) is 5.75 Å². The number of anilines is 2. The third-order valence-electron chi connectivity index (χ3n) is 3.55. The molecule has 2 aromatic carbocycles. The lowest BCUT2D eigenvalue weighted by molar-refractivity contribution is -0.123. The van der Waals surface area contributed by atoms with Gasteiger partial charge in [0.25, 0.3) is 5.91 Å². The van der Waals surface area contributed by atoms with Crippen molar-refractivity contribution in [1.29, 1.82) is 0 Å². The number of nitrogens with one attached hydrogen (secondary N) is 2. The maximum Gasteiger partial charge on any atom is 0.255 e. The van der Waals surface area contributed by atoms with E-state index >= 15 is 0 Å². The van der Waals surface area contributed by atoms with Gasteiger partial charge in [0.1, 0.15) is 5.75 Å². The molecule has 2 aromatic rings. The van der Waals surface area contributed by atoms with Crippen molar-refractivity contribution in [1.82, 2.24) is 0 Å². The van der Waals surface area contributed by atoms with Crippen LogP contribution < -0.4 is 15.4 Å². The Morgan fingerprint density at radius 2 is 1.50 bits per heavy atom. The first kappa shape index (κ1) is 19.5. The molecule has 0 aliphatic rings. The standard InChI is InChI=1S/C21H26N2O3/c1-14(2)26-18-11-9-15(10-12-18)19(24)22-16-7-6-8-17(13-16)23-20(25)21(3,4)5/h6-14H,1-5H3,(H,22,24)(H,23,25). The Balaban J connectivity index is 2.05. The molecule has 0 bridgehead atoms. The summed E-state index contributed by atoms with van der Waals surface area (Å²) in [5, 5.41) is 5.69. The van der Waals surface area contributed by atoms with E-state index in [2.05, 4.69) is 10.6 Å². The highest BCUT2D eigenvalue weighted by Gasteiger charge is 2.21. The van der Waals surface area contributed by atoms with Gasteiger partial charge in [0.2, 0.25) is 5.91 Å². The molecule has 2 rings (SSSR count). The fourth-order valence-electron chi connectivity index (χ4n) is 2.15. The zero-order valence-corrected chi connectivity index (χ0v) is 15.9. The largest absolute Gasteiger partial charge is 0.491 e. The molecule has 0 saturated heterocycles. The molecule has 0 heterocycles. The van der Waals surface area contributed by atoms with Crippen LogP contribution in [0.1, 0.15) is 45.0 Å². The van der Waals surface area contributed by atoms with Crippen LogP contribution in [-0.4, -0.2) is 17.9 Å². The summed E-state index contributed by atoms with van der Waals surface area (Å²) in [7, 11) is 0. The third kappa shape index (κ3) is 5.62. The molecule has 138 valence electrons. The number of carbonyl (C=O) groups is 2. The van der Waals surface area contributed by atoms with E-state index in [1.807, 2.05) is 34.6 Å². The van der Waals surface area contributed by atoms with Gasteiger partial charge in [-0.2, -0.15) is 0 Å². The van der Waals surface area contributed by atoms with Crippen molar-refractivity contribution in [2.45, 2.75) is 40.7 Å². The quantitative estimate of drug-likeness (QED) is 0.817.